The number of nitrogens with two attached hydrogens (primary N) is 1. The van der Waals surface area contributed by atoms with E-state index in [0.29, 0.717) is 24.2 Å². The lowest BCUT2D eigenvalue weighted by molar-refractivity contribution is -0.209. The van der Waals surface area contributed by atoms with Crippen molar-refractivity contribution in [3.63, 3.8) is 0 Å². The SMILES string of the molecule is C[C@@H](O)[C@@H](COP(=O)(O)OP(=O)(O)OP(=O)(O)SC1CCCCC1)OC(O)n1cnc2c(N)ncnc21. The minimum atomic E-state index is -5.55. The van der Waals surface area contributed by atoms with Gasteiger partial charge < -0.3 is 35.4 Å². The molecule has 0 bridgehead atoms. The first kappa shape index (κ1) is 30.6. The summed E-state index contributed by atoms with van der Waals surface area (Å²) in [4.78, 5) is 41.2. The molecule has 1 fully saturated rings. The van der Waals surface area contributed by atoms with Crippen molar-refractivity contribution in [3.8, 4) is 0 Å². The molecule has 37 heavy (non-hydrogen) atoms. The van der Waals surface area contributed by atoms with Crippen molar-refractivity contribution in [2.45, 2.75) is 62.9 Å². The summed E-state index contributed by atoms with van der Waals surface area (Å²) in [6, 6.07) is 0. The zero-order valence-corrected chi connectivity index (χ0v) is 22.9. The third-order valence-corrected chi connectivity index (χ3v) is 12.2. The number of hydrogen-bond acceptors (Lipinski definition) is 14. The highest BCUT2D eigenvalue weighted by Gasteiger charge is 2.43. The van der Waals surface area contributed by atoms with Crippen molar-refractivity contribution in [1.82, 2.24) is 19.5 Å². The molecule has 1 saturated carbocycles. The zero-order valence-electron chi connectivity index (χ0n) is 19.4. The van der Waals surface area contributed by atoms with Gasteiger partial charge in [-0.05, 0) is 31.1 Å². The summed E-state index contributed by atoms with van der Waals surface area (Å²) >= 11 is 0.464. The van der Waals surface area contributed by atoms with Crippen LogP contribution in [0.2, 0.25) is 0 Å². The summed E-state index contributed by atoms with van der Waals surface area (Å²) < 4.78 is 55.9. The van der Waals surface area contributed by atoms with E-state index in [2.05, 4.69) is 28.1 Å². The number of ether oxygens (including phenoxy) is 1. The Kier molecular flexibility index (Phi) is 10.3. The topological polar surface area (TPSA) is 259 Å². The van der Waals surface area contributed by atoms with Gasteiger partial charge in [0.15, 0.2) is 11.5 Å². The summed E-state index contributed by atoms with van der Waals surface area (Å²) in [5.74, 6) is 0.0324. The normalized spacial score (nSPS) is 22.5. The lowest BCUT2D eigenvalue weighted by Gasteiger charge is -2.26. The molecule has 0 radical (unpaired) electrons. The first-order chi connectivity index (χ1) is 17.2. The fourth-order valence-corrected chi connectivity index (χ4v) is 10.3. The van der Waals surface area contributed by atoms with E-state index >= 15 is 0 Å². The van der Waals surface area contributed by atoms with Crippen LogP contribution in [0, 0.1) is 0 Å². The zero-order chi connectivity index (χ0) is 27.4. The molecule has 1 aliphatic rings. The smallest absolute Gasteiger partial charge is 0.391 e. The lowest BCUT2D eigenvalue weighted by atomic mass is 10.0. The van der Waals surface area contributed by atoms with Gasteiger partial charge in [0, 0.05) is 5.25 Å². The molecule has 210 valence electrons. The van der Waals surface area contributed by atoms with Crippen LogP contribution < -0.4 is 5.73 Å². The Balaban J connectivity index is 1.59. The Morgan fingerprint density at radius 1 is 1.08 bits per heavy atom. The minimum absolute atomic E-state index is 0.0324. The van der Waals surface area contributed by atoms with E-state index in [0.717, 1.165) is 36.5 Å². The van der Waals surface area contributed by atoms with E-state index in [-0.39, 0.29) is 22.2 Å². The fraction of sp³-hybridized carbons (Fsp3) is 0.688. The second kappa shape index (κ2) is 12.5. The Bertz CT molecular complexity index is 1210. The number of nitrogen functional groups attached to an aromatic ring is 1. The number of anilines is 1. The number of aliphatic hydroxyl groups excluding tert-OH is 2. The summed E-state index contributed by atoms with van der Waals surface area (Å²) in [7, 11) is -10.9. The monoisotopic (exact) mass is 607 g/mol. The molecular weight excluding hydrogens is 579 g/mol. The van der Waals surface area contributed by atoms with Gasteiger partial charge in [0.1, 0.15) is 24.3 Å². The van der Waals surface area contributed by atoms with Crippen molar-refractivity contribution >= 4 is 50.8 Å². The Hall–Kier alpha value is -0.970. The van der Waals surface area contributed by atoms with Gasteiger partial charge >= 0.3 is 22.4 Å². The highest BCUT2D eigenvalue weighted by atomic mass is 32.7. The van der Waals surface area contributed by atoms with E-state index in [1.807, 2.05) is 0 Å². The number of imidazole rings is 1. The summed E-state index contributed by atoms with van der Waals surface area (Å²) in [5, 5.41) is 20.1. The molecule has 0 saturated heterocycles. The lowest BCUT2D eigenvalue weighted by Crippen LogP contribution is -2.33. The van der Waals surface area contributed by atoms with Crippen LogP contribution >= 0.6 is 33.8 Å². The van der Waals surface area contributed by atoms with Crippen LogP contribution in [-0.4, -0.2) is 68.5 Å². The van der Waals surface area contributed by atoms with E-state index in [1.54, 1.807) is 0 Å². The number of hydrogen-bond donors (Lipinski definition) is 6. The highest BCUT2D eigenvalue weighted by Crippen LogP contribution is 2.72. The predicted molar refractivity (Wildman–Crippen MR) is 130 cm³/mol. The largest absolute Gasteiger partial charge is 0.488 e. The number of nitrogens with zero attached hydrogens (tertiary/aromatic N) is 4. The molecule has 0 aromatic carbocycles. The van der Waals surface area contributed by atoms with Gasteiger partial charge in [-0.15, -0.1) is 0 Å². The van der Waals surface area contributed by atoms with Crippen LogP contribution in [-0.2, 0) is 31.6 Å². The van der Waals surface area contributed by atoms with E-state index in [4.69, 9.17) is 10.5 Å². The van der Waals surface area contributed by atoms with Gasteiger partial charge in [-0.25, -0.2) is 28.6 Å². The molecule has 1 aliphatic carbocycles. The number of rotatable bonds is 13. The number of phosphoric ester groups is 1. The molecule has 17 nitrogen and oxygen atoms in total. The highest BCUT2D eigenvalue weighted by molar-refractivity contribution is 8.55. The van der Waals surface area contributed by atoms with E-state index in [9.17, 15) is 38.6 Å². The van der Waals surface area contributed by atoms with Crippen molar-refractivity contribution in [1.29, 1.82) is 0 Å². The second-order valence-corrected chi connectivity index (χ2v) is 15.3. The average Bonchev–Trinajstić information content (AvgIpc) is 3.20. The molecule has 2 aromatic heterocycles. The number of aliphatic hydroxyl groups is 2. The molecule has 0 amide bonds. The van der Waals surface area contributed by atoms with Gasteiger partial charge in [-0.2, -0.15) is 8.62 Å². The van der Waals surface area contributed by atoms with Crippen LogP contribution in [0.3, 0.4) is 0 Å². The van der Waals surface area contributed by atoms with Gasteiger partial charge in [0.25, 0.3) is 0 Å². The van der Waals surface area contributed by atoms with Crippen molar-refractivity contribution in [3.05, 3.63) is 12.7 Å². The van der Waals surface area contributed by atoms with E-state index in [1.165, 1.54) is 6.92 Å². The van der Waals surface area contributed by atoms with Crippen LogP contribution in [0.5, 0.6) is 0 Å². The molecule has 0 aliphatic heterocycles. The molecule has 2 heterocycles. The Labute approximate surface area is 214 Å². The van der Waals surface area contributed by atoms with Gasteiger partial charge in [-0.3, -0.25) is 9.09 Å². The summed E-state index contributed by atoms with van der Waals surface area (Å²) in [5.41, 5.74) is 5.92. The maximum absolute atomic E-state index is 12.3. The van der Waals surface area contributed by atoms with Crippen molar-refractivity contribution in [2.75, 3.05) is 12.3 Å². The molecule has 21 heteroatoms. The molecule has 4 unspecified atom stereocenters. The second-order valence-electron chi connectivity index (χ2n) is 8.05. The third-order valence-electron chi connectivity index (χ3n) is 5.11. The fourth-order valence-electron chi connectivity index (χ4n) is 3.39. The molecule has 7 N–H and O–H groups in total. The first-order valence-corrected chi connectivity index (χ1v) is 16.9. The van der Waals surface area contributed by atoms with Gasteiger partial charge in [0.2, 0.25) is 6.41 Å². The Morgan fingerprint density at radius 3 is 2.41 bits per heavy atom. The minimum Gasteiger partial charge on any atom is -0.391 e. The van der Waals surface area contributed by atoms with Crippen molar-refractivity contribution < 1.29 is 56.5 Å². The van der Waals surface area contributed by atoms with E-state index < -0.39 is 47.7 Å². The standard InChI is InChI=1S/C16H28N5O12P3S/c1-10(22)12(31-16(23)21-9-20-13-14(17)18-8-19-15(13)21)7-30-34(24,25)32-35(26,27)33-36(28,29)37-11-5-3-2-4-6-11/h8-12,16,22-23H,2-7H2,1H3,(H,24,25)(H,26,27)(H,28,29)(H2,17,18,19)/t10-,12-,16?/m1/s1. The van der Waals surface area contributed by atoms with Crippen LogP contribution in [0.4, 0.5) is 5.82 Å². The maximum Gasteiger partial charge on any atom is 0.488 e. The molecule has 6 atom stereocenters. The maximum atomic E-state index is 12.3. The molecular formula is C16H28N5O12P3S. The number of fused-ring (bicyclic) bond motifs is 1. The van der Waals surface area contributed by atoms with Crippen LogP contribution in [0.1, 0.15) is 45.4 Å². The summed E-state index contributed by atoms with van der Waals surface area (Å²) in [6.45, 7) is -4.45. The van der Waals surface area contributed by atoms with Crippen LogP contribution in [0.25, 0.3) is 11.2 Å². The first-order valence-electron chi connectivity index (χ1n) is 10.9. The van der Waals surface area contributed by atoms with Crippen molar-refractivity contribution in [2.24, 2.45) is 0 Å². The Morgan fingerprint density at radius 2 is 1.76 bits per heavy atom. The number of phosphoric acid groups is 2. The predicted octanol–water partition coefficient (Wildman–Crippen LogP) is 2.04. The molecule has 3 rings (SSSR count). The number of aromatic nitrogens is 4. The van der Waals surface area contributed by atoms with Crippen LogP contribution in [0.15, 0.2) is 12.7 Å². The third kappa shape index (κ3) is 9.04. The molecule has 2 aromatic rings. The molecule has 0 spiro atoms. The quantitative estimate of drug-likeness (QED) is 0.141. The average molecular weight is 607 g/mol. The summed E-state index contributed by atoms with van der Waals surface area (Å²) in [6.07, 6.45) is 1.36. The van der Waals surface area contributed by atoms with Gasteiger partial charge in [0.05, 0.1) is 12.7 Å². The van der Waals surface area contributed by atoms with Gasteiger partial charge in [-0.1, -0.05) is 19.3 Å².